The van der Waals surface area contributed by atoms with Gasteiger partial charge in [-0.25, -0.2) is 9.79 Å². The lowest BCUT2D eigenvalue weighted by atomic mass is 9.96. The Balaban J connectivity index is 1.58. The summed E-state index contributed by atoms with van der Waals surface area (Å²) >= 11 is 3.48. The summed E-state index contributed by atoms with van der Waals surface area (Å²) in [5, 5.41) is 0. The van der Waals surface area contributed by atoms with Gasteiger partial charge in [0.25, 0.3) is 5.56 Å². The first kappa shape index (κ1) is 30.6. The fourth-order valence-corrected chi connectivity index (χ4v) is 6.63. The molecule has 0 N–H and O–H groups in total. The maximum absolute atomic E-state index is 14.0. The van der Waals surface area contributed by atoms with Crippen LogP contribution in [0.5, 0.6) is 17.2 Å². The fraction of sp³-hybridized carbons (Fsp3) is 0.242. The molecule has 0 amide bonds. The number of fused-ring (bicyclic) bond motifs is 1. The number of hydrogen-bond acceptors (Lipinski definition) is 8. The van der Waals surface area contributed by atoms with Crippen LogP contribution >= 0.6 is 33.9 Å². The van der Waals surface area contributed by atoms with Crippen LogP contribution in [-0.2, 0) is 16.1 Å². The molecule has 5 rings (SSSR count). The number of aromatic nitrogens is 1. The minimum Gasteiger partial charge on any atom is -0.497 e. The van der Waals surface area contributed by atoms with E-state index < -0.39 is 12.0 Å². The Morgan fingerprint density at radius 3 is 2.44 bits per heavy atom. The number of carbonyl (C=O) groups is 1. The topological polar surface area (TPSA) is 88.4 Å². The van der Waals surface area contributed by atoms with Gasteiger partial charge in [0, 0.05) is 0 Å². The molecule has 4 aromatic rings. The Morgan fingerprint density at radius 1 is 1.07 bits per heavy atom. The van der Waals surface area contributed by atoms with E-state index in [9.17, 15) is 9.59 Å². The highest BCUT2D eigenvalue weighted by molar-refractivity contribution is 14.1. The van der Waals surface area contributed by atoms with Crippen LogP contribution in [0, 0.1) is 3.57 Å². The average molecular weight is 711 g/mol. The summed E-state index contributed by atoms with van der Waals surface area (Å²) in [7, 11) is 3.18. The van der Waals surface area contributed by atoms with E-state index >= 15 is 0 Å². The van der Waals surface area contributed by atoms with Crippen LogP contribution < -0.4 is 29.1 Å². The van der Waals surface area contributed by atoms with Crippen molar-refractivity contribution in [2.75, 3.05) is 14.2 Å². The molecule has 3 aromatic carbocycles. The third-order valence-corrected chi connectivity index (χ3v) is 8.58. The van der Waals surface area contributed by atoms with Crippen molar-refractivity contribution in [3.05, 3.63) is 118 Å². The van der Waals surface area contributed by atoms with E-state index in [4.69, 9.17) is 18.9 Å². The second-order valence-corrected chi connectivity index (χ2v) is 12.3. The van der Waals surface area contributed by atoms with E-state index in [2.05, 4.69) is 27.6 Å². The molecule has 0 saturated carbocycles. The predicted octanol–water partition coefficient (Wildman–Crippen LogP) is 5.39. The van der Waals surface area contributed by atoms with Gasteiger partial charge in [-0.15, -0.1) is 0 Å². The van der Waals surface area contributed by atoms with Crippen molar-refractivity contribution in [3.63, 3.8) is 0 Å². The van der Waals surface area contributed by atoms with Gasteiger partial charge in [-0.1, -0.05) is 53.8 Å². The van der Waals surface area contributed by atoms with Crippen LogP contribution in [0.2, 0.25) is 0 Å². The quantitative estimate of drug-likeness (QED) is 0.171. The van der Waals surface area contributed by atoms with Crippen molar-refractivity contribution in [1.29, 1.82) is 0 Å². The van der Waals surface area contributed by atoms with Crippen LogP contribution in [-0.4, -0.2) is 30.9 Å². The number of benzene rings is 3. The number of halogens is 1. The highest BCUT2D eigenvalue weighted by atomic mass is 127. The van der Waals surface area contributed by atoms with E-state index in [1.165, 1.54) is 11.3 Å². The number of nitrogens with zero attached hydrogens (tertiary/aromatic N) is 2. The smallest absolute Gasteiger partial charge is 0.338 e. The molecule has 1 unspecified atom stereocenters. The zero-order valence-corrected chi connectivity index (χ0v) is 27.4. The van der Waals surface area contributed by atoms with Gasteiger partial charge < -0.3 is 18.9 Å². The largest absolute Gasteiger partial charge is 0.497 e. The van der Waals surface area contributed by atoms with E-state index in [-0.39, 0.29) is 11.7 Å². The normalized spacial score (nSPS) is 14.8. The first-order valence-electron chi connectivity index (χ1n) is 13.6. The molecule has 222 valence electrons. The first-order valence-corrected chi connectivity index (χ1v) is 15.5. The highest BCUT2D eigenvalue weighted by Gasteiger charge is 2.33. The molecule has 1 atom stereocenters. The van der Waals surface area contributed by atoms with Crippen molar-refractivity contribution >= 4 is 46.0 Å². The number of allylic oxidation sites excluding steroid dienone is 1. The zero-order valence-electron chi connectivity index (χ0n) is 24.4. The molecular weight excluding hydrogens is 679 g/mol. The summed E-state index contributed by atoms with van der Waals surface area (Å²) in [4.78, 5) is 32.5. The second-order valence-electron chi connectivity index (χ2n) is 10.1. The van der Waals surface area contributed by atoms with Crippen molar-refractivity contribution in [1.82, 2.24) is 4.57 Å². The predicted molar refractivity (Wildman–Crippen MR) is 174 cm³/mol. The third-order valence-electron chi connectivity index (χ3n) is 6.79. The standard InChI is InChI=1S/C33H31IN2O6S/c1-19(2)42-32(38)28-20(3)35-33-36(29(28)23-11-13-24(39-4)14-12-23)31(37)27(43-33)17-22-15-25(34)30(26(16-22)40-5)41-18-21-9-7-6-8-10-21/h6-17,19,29H,18H2,1-5H3/b27-17-. The van der Waals surface area contributed by atoms with Crippen LogP contribution in [0.1, 0.15) is 43.5 Å². The second kappa shape index (κ2) is 13.2. The average Bonchev–Trinajstić information content (AvgIpc) is 3.29. The molecule has 2 heterocycles. The Labute approximate surface area is 267 Å². The molecule has 0 bridgehead atoms. The Bertz CT molecular complexity index is 1860. The van der Waals surface area contributed by atoms with E-state index in [0.29, 0.717) is 44.5 Å². The molecule has 0 radical (unpaired) electrons. The Kier molecular flexibility index (Phi) is 9.36. The molecular formula is C33H31IN2O6S. The lowest BCUT2D eigenvalue weighted by Gasteiger charge is -2.25. The summed E-state index contributed by atoms with van der Waals surface area (Å²) in [6, 6.07) is 20.3. The Morgan fingerprint density at radius 2 is 1.79 bits per heavy atom. The summed E-state index contributed by atoms with van der Waals surface area (Å²) in [5.74, 6) is 1.36. The molecule has 0 fully saturated rings. The van der Waals surface area contributed by atoms with E-state index in [1.54, 1.807) is 39.6 Å². The summed E-state index contributed by atoms with van der Waals surface area (Å²) in [6.45, 7) is 5.75. The number of carbonyl (C=O) groups excluding carboxylic acids is 1. The number of rotatable bonds is 9. The van der Waals surface area contributed by atoms with Crippen LogP contribution in [0.25, 0.3) is 6.08 Å². The number of esters is 1. The third kappa shape index (κ3) is 6.54. The lowest BCUT2D eigenvalue weighted by molar-refractivity contribution is -0.143. The number of thiazole rings is 1. The maximum Gasteiger partial charge on any atom is 0.338 e. The van der Waals surface area contributed by atoms with Gasteiger partial charge in [-0.3, -0.25) is 9.36 Å². The van der Waals surface area contributed by atoms with Gasteiger partial charge in [0.05, 0.1) is 45.7 Å². The van der Waals surface area contributed by atoms with Crippen molar-refractivity contribution in [3.8, 4) is 17.2 Å². The molecule has 0 aliphatic carbocycles. The van der Waals surface area contributed by atoms with Gasteiger partial charge in [0.2, 0.25) is 0 Å². The van der Waals surface area contributed by atoms with Crippen molar-refractivity contribution in [2.24, 2.45) is 4.99 Å². The van der Waals surface area contributed by atoms with Crippen molar-refractivity contribution < 1.29 is 23.7 Å². The van der Waals surface area contributed by atoms with Crippen LogP contribution in [0.15, 0.2) is 87.8 Å². The molecule has 0 saturated heterocycles. The Hall–Kier alpha value is -3.90. The van der Waals surface area contributed by atoms with Crippen LogP contribution in [0.4, 0.5) is 0 Å². The van der Waals surface area contributed by atoms with Gasteiger partial charge in [0.15, 0.2) is 16.3 Å². The van der Waals surface area contributed by atoms with E-state index in [0.717, 1.165) is 20.3 Å². The SMILES string of the molecule is COc1ccc(C2C(C(=O)OC(C)C)=C(C)N=c3s/c(=C\c4cc(I)c(OCc5ccccc5)c(OC)c4)c(=O)n32)cc1. The fourth-order valence-electron chi connectivity index (χ4n) is 4.81. The van der Waals surface area contributed by atoms with Crippen LogP contribution in [0.3, 0.4) is 0 Å². The molecule has 43 heavy (non-hydrogen) atoms. The molecule has 0 spiro atoms. The van der Waals surface area contributed by atoms with Gasteiger partial charge in [0.1, 0.15) is 12.4 Å². The van der Waals surface area contributed by atoms with Gasteiger partial charge in [-0.05, 0) is 90.4 Å². The molecule has 1 aromatic heterocycles. The van der Waals surface area contributed by atoms with Gasteiger partial charge in [-0.2, -0.15) is 0 Å². The van der Waals surface area contributed by atoms with Crippen molar-refractivity contribution in [2.45, 2.75) is 39.5 Å². The maximum atomic E-state index is 14.0. The lowest BCUT2D eigenvalue weighted by Crippen LogP contribution is -2.40. The number of ether oxygens (including phenoxy) is 4. The first-order chi connectivity index (χ1) is 20.7. The number of hydrogen-bond donors (Lipinski definition) is 0. The summed E-state index contributed by atoms with van der Waals surface area (Å²) in [5.41, 5.74) is 3.14. The minimum atomic E-state index is -0.709. The molecule has 10 heteroatoms. The monoisotopic (exact) mass is 710 g/mol. The van der Waals surface area contributed by atoms with E-state index in [1.807, 2.05) is 72.8 Å². The molecule has 1 aliphatic rings. The molecule has 1 aliphatic heterocycles. The number of methoxy groups -OCH3 is 2. The van der Waals surface area contributed by atoms with Gasteiger partial charge >= 0.3 is 5.97 Å². The highest BCUT2D eigenvalue weighted by Crippen LogP contribution is 2.35. The summed E-state index contributed by atoms with van der Waals surface area (Å²) < 4.78 is 25.6. The molecule has 8 nitrogen and oxygen atoms in total. The minimum absolute atomic E-state index is 0.259. The summed E-state index contributed by atoms with van der Waals surface area (Å²) in [6.07, 6.45) is 1.48. The zero-order chi connectivity index (χ0) is 30.7.